The van der Waals surface area contributed by atoms with Crippen LogP contribution in [-0.2, 0) is 15.5 Å². The van der Waals surface area contributed by atoms with E-state index in [1.165, 1.54) is 5.56 Å². The number of rotatable bonds is 11. The Balaban J connectivity index is 2.52. The molecule has 4 nitrogen and oxygen atoms in total. The fourth-order valence-corrected chi connectivity index (χ4v) is 3.26. The maximum atomic E-state index is 12.1. The molecule has 1 aromatic rings. The molecule has 0 aliphatic rings. The van der Waals surface area contributed by atoms with Gasteiger partial charge in [0.15, 0.2) is 0 Å². The van der Waals surface area contributed by atoms with Crippen LogP contribution in [0, 0.1) is 11.8 Å². The second kappa shape index (κ2) is 10.1. The monoisotopic (exact) mass is 342 g/mol. The van der Waals surface area contributed by atoms with E-state index < -0.39 is 7.82 Å². The van der Waals surface area contributed by atoms with Crippen molar-refractivity contribution < 1.29 is 18.5 Å². The molecular formula is C18H31O4P. The van der Waals surface area contributed by atoms with Crippen molar-refractivity contribution in [3.05, 3.63) is 29.8 Å². The molecule has 132 valence electrons. The molecule has 5 heteroatoms. The Labute approximate surface area is 140 Å². The zero-order valence-electron chi connectivity index (χ0n) is 14.8. The molecule has 23 heavy (non-hydrogen) atoms. The van der Waals surface area contributed by atoms with Gasteiger partial charge in [0, 0.05) is 0 Å². The molecule has 0 aliphatic carbocycles. The average Bonchev–Trinajstić information content (AvgIpc) is 2.49. The maximum absolute atomic E-state index is 12.1. The molecule has 0 fully saturated rings. The molecule has 0 aliphatic heterocycles. The third-order valence-corrected chi connectivity index (χ3v) is 4.72. The first-order chi connectivity index (χ1) is 10.9. The largest absolute Gasteiger partial charge is 0.527 e. The summed E-state index contributed by atoms with van der Waals surface area (Å²) < 4.78 is 22.4. The van der Waals surface area contributed by atoms with Crippen molar-refractivity contribution in [3.8, 4) is 5.75 Å². The van der Waals surface area contributed by atoms with Gasteiger partial charge in [0.2, 0.25) is 0 Å². The Kier molecular flexibility index (Phi) is 8.90. The normalized spacial score (nSPS) is 15.4. The predicted octanol–water partition coefficient (Wildman–Crippen LogP) is 5.60. The standard InChI is InChI=1S/C18H31O4P/c1-5-7-8-16(6-2)14-21-23(19,20)22-18-11-9-17(10-12-18)13-15(3)4/h9-12,15-16H,5-8,13-14H2,1-4H3,(H,19,20). The molecular weight excluding hydrogens is 311 g/mol. The Bertz CT molecular complexity index is 484. The van der Waals surface area contributed by atoms with E-state index in [0.29, 0.717) is 17.6 Å². The number of unbranched alkanes of at least 4 members (excludes halogenated alkanes) is 1. The van der Waals surface area contributed by atoms with E-state index in [-0.39, 0.29) is 6.61 Å². The van der Waals surface area contributed by atoms with E-state index in [2.05, 4.69) is 27.7 Å². The van der Waals surface area contributed by atoms with Gasteiger partial charge in [0.05, 0.1) is 6.61 Å². The van der Waals surface area contributed by atoms with Gasteiger partial charge in [-0.05, 0) is 42.4 Å². The van der Waals surface area contributed by atoms with Crippen LogP contribution in [0.2, 0.25) is 0 Å². The van der Waals surface area contributed by atoms with Crippen LogP contribution in [0.15, 0.2) is 24.3 Å². The van der Waals surface area contributed by atoms with Crippen LogP contribution in [-0.4, -0.2) is 11.5 Å². The van der Waals surface area contributed by atoms with Crippen LogP contribution in [0.4, 0.5) is 0 Å². The van der Waals surface area contributed by atoms with Crippen molar-refractivity contribution >= 4 is 7.82 Å². The van der Waals surface area contributed by atoms with Crippen molar-refractivity contribution in [2.75, 3.05) is 6.61 Å². The zero-order chi connectivity index (χ0) is 17.3. The highest BCUT2D eigenvalue weighted by Crippen LogP contribution is 2.44. The molecule has 0 saturated heterocycles. The van der Waals surface area contributed by atoms with Gasteiger partial charge < -0.3 is 4.52 Å². The number of hydrogen-bond acceptors (Lipinski definition) is 3. The fourth-order valence-electron chi connectivity index (χ4n) is 2.42. The summed E-state index contributed by atoms with van der Waals surface area (Å²) in [6.45, 7) is 8.78. The second-order valence-corrected chi connectivity index (χ2v) is 7.89. The minimum absolute atomic E-state index is 0.260. The van der Waals surface area contributed by atoms with E-state index in [1.54, 1.807) is 12.1 Å². The lowest BCUT2D eigenvalue weighted by Gasteiger charge is -2.18. The number of hydrogen-bond donors (Lipinski definition) is 1. The highest BCUT2D eigenvalue weighted by atomic mass is 31.2. The highest BCUT2D eigenvalue weighted by molar-refractivity contribution is 7.47. The Morgan fingerprint density at radius 3 is 2.35 bits per heavy atom. The van der Waals surface area contributed by atoms with Crippen LogP contribution in [0.5, 0.6) is 5.75 Å². The van der Waals surface area contributed by atoms with Crippen LogP contribution < -0.4 is 4.52 Å². The minimum Gasteiger partial charge on any atom is -0.404 e. The molecule has 0 aromatic heterocycles. The van der Waals surface area contributed by atoms with Crippen LogP contribution >= 0.6 is 7.82 Å². The number of phosphoric acid groups is 1. The summed E-state index contributed by atoms with van der Waals surface area (Å²) in [4.78, 5) is 9.86. The van der Waals surface area contributed by atoms with Gasteiger partial charge in [0.1, 0.15) is 5.75 Å². The molecule has 1 N–H and O–H groups in total. The first-order valence-corrected chi connectivity index (χ1v) is 10.1. The van der Waals surface area contributed by atoms with Gasteiger partial charge in [-0.25, -0.2) is 4.57 Å². The molecule has 0 amide bonds. The summed E-state index contributed by atoms with van der Waals surface area (Å²) in [5.74, 6) is 1.24. The van der Waals surface area contributed by atoms with Crippen LogP contribution in [0.1, 0.15) is 58.9 Å². The highest BCUT2D eigenvalue weighted by Gasteiger charge is 2.24. The van der Waals surface area contributed by atoms with Crippen molar-refractivity contribution in [3.63, 3.8) is 0 Å². The molecule has 0 heterocycles. The molecule has 0 saturated carbocycles. The number of benzene rings is 1. The summed E-state index contributed by atoms with van der Waals surface area (Å²) in [6.07, 6.45) is 5.15. The summed E-state index contributed by atoms with van der Waals surface area (Å²) >= 11 is 0. The van der Waals surface area contributed by atoms with Gasteiger partial charge in [-0.3, -0.25) is 9.42 Å². The molecule has 0 bridgehead atoms. The van der Waals surface area contributed by atoms with Crippen molar-refractivity contribution in [1.82, 2.24) is 0 Å². The van der Waals surface area contributed by atoms with Gasteiger partial charge in [-0.2, -0.15) is 0 Å². The number of phosphoric ester groups is 1. The SMILES string of the molecule is CCCCC(CC)COP(=O)(O)Oc1ccc(CC(C)C)cc1. The Morgan fingerprint density at radius 2 is 1.83 bits per heavy atom. The van der Waals surface area contributed by atoms with E-state index in [0.717, 1.165) is 32.1 Å². The summed E-state index contributed by atoms with van der Waals surface area (Å²) in [7, 11) is -4.06. The summed E-state index contributed by atoms with van der Waals surface area (Å²) in [5.41, 5.74) is 1.19. The molecule has 1 aromatic carbocycles. The first kappa shape index (κ1) is 20.2. The van der Waals surface area contributed by atoms with E-state index in [4.69, 9.17) is 9.05 Å². The quantitative estimate of drug-likeness (QED) is 0.532. The van der Waals surface area contributed by atoms with Crippen molar-refractivity contribution in [2.45, 2.75) is 59.8 Å². The molecule has 1 rings (SSSR count). The molecule has 2 unspecified atom stereocenters. The van der Waals surface area contributed by atoms with Crippen molar-refractivity contribution in [1.29, 1.82) is 0 Å². The Morgan fingerprint density at radius 1 is 1.17 bits per heavy atom. The Hall–Kier alpha value is -0.830. The van der Waals surface area contributed by atoms with Gasteiger partial charge in [0.25, 0.3) is 0 Å². The maximum Gasteiger partial charge on any atom is 0.527 e. The van der Waals surface area contributed by atoms with Gasteiger partial charge >= 0.3 is 7.82 Å². The third-order valence-electron chi connectivity index (χ3n) is 3.80. The summed E-state index contributed by atoms with van der Waals surface area (Å²) in [6, 6.07) is 7.29. The van der Waals surface area contributed by atoms with E-state index in [1.807, 2.05) is 12.1 Å². The van der Waals surface area contributed by atoms with Gasteiger partial charge in [-0.15, -0.1) is 0 Å². The molecule has 0 radical (unpaired) electrons. The summed E-state index contributed by atoms with van der Waals surface area (Å²) in [5, 5.41) is 0. The topological polar surface area (TPSA) is 55.8 Å². The second-order valence-electron chi connectivity index (χ2n) is 6.51. The van der Waals surface area contributed by atoms with Gasteiger partial charge in [-0.1, -0.05) is 59.1 Å². The van der Waals surface area contributed by atoms with E-state index >= 15 is 0 Å². The molecule has 2 atom stereocenters. The average molecular weight is 342 g/mol. The third kappa shape index (κ3) is 8.55. The predicted molar refractivity (Wildman–Crippen MR) is 94.7 cm³/mol. The van der Waals surface area contributed by atoms with E-state index in [9.17, 15) is 9.46 Å². The lowest BCUT2D eigenvalue weighted by atomic mass is 10.0. The minimum atomic E-state index is -4.06. The van der Waals surface area contributed by atoms with Crippen LogP contribution in [0.3, 0.4) is 0 Å². The lowest BCUT2D eigenvalue weighted by molar-refractivity contribution is 0.166. The zero-order valence-corrected chi connectivity index (χ0v) is 15.7. The van der Waals surface area contributed by atoms with Crippen LogP contribution in [0.25, 0.3) is 0 Å². The smallest absolute Gasteiger partial charge is 0.404 e. The lowest BCUT2D eigenvalue weighted by Crippen LogP contribution is -2.09. The first-order valence-electron chi connectivity index (χ1n) is 8.62. The van der Waals surface area contributed by atoms with Crippen molar-refractivity contribution in [2.24, 2.45) is 11.8 Å². The fraction of sp³-hybridized carbons (Fsp3) is 0.667. The molecule has 0 spiro atoms.